The van der Waals surface area contributed by atoms with Gasteiger partial charge in [-0.3, -0.25) is 0 Å². The van der Waals surface area contributed by atoms with E-state index in [1.165, 1.54) is 13.8 Å². The molecule has 0 saturated carbocycles. The number of hydrogen-bond donors (Lipinski definition) is 2. The van der Waals surface area contributed by atoms with Crippen molar-refractivity contribution >= 4 is 11.9 Å². The van der Waals surface area contributed by atoms with Gasteiger partial charge in [0.15, 0.2) is 5.69 Å². The molecule has 0 saturated heterocycles. The van der Waals surface area contributed by atoms with Crippen molar-refractivity contribution < 1.29 is 39.5 Å². The van der Waals surface area contributed by atoms with E-state index in [-0.39, 0.29) is 0 Å². The second kappa shape index (κ2) is 8.74. The van der Waals surface area contributed by atoms with Crippen LogP contribution in [0.25, 0.3) is 5.95 Å². The van der Waals surface area contributed by atoms with Gasteiger partial charge in [0.2, 0.25) is 11.9 Å². The Balaban J connectivity index is 2.50. The fraction of sp³-hybridized carbons (Fsp3) is 0.600. The van der Waals surface area contributed by atoms with Gasteiger partial charge in [-0.15, -0.1) is 0 Å². The Labute approximate surface area is 169 Å². The molecule has 0 amide bonds. The van der Waals surface area contributed by atoms with Gasteiger partial charge in [-0.05, 0) is 18.9 Å². The van der Waals surface area contributed by atoms with E-state index < -0.39 is 67.0 Å². The van der Waals surface area contributed by atoms with Crippen molar-refractivity contribution in [1.82, 2.24) is 24.7 Å². The predicted molar refractivity (Wildman–Crippen MR) is 89.5 cm³/mol. The normalized spacial score (nSPS) is 14.9. The first kappa shape index (κ1) is 24.5. The van der Waals surface area contributed by atoms with Gasteiger partial charge in [-0.2, -0.15) is 59.6 Å². The Morgan fingerprint density at radius 2 is 1.26 bits per heavy atom. The number of nitrogens with zero attached hydrogens (tertiary/aromatic N) is 5. The minimum absolute atomic E-state index is 0.462. The van der Waals surface area contributed by atoms with Crippen LogP contribution in [0.4, 0.5) is 51.4 Å². The van der Waals surface area contributed by atoms with Crippen LogP contribution in [0.2, 0.25) is 0 Å². The van der Waals surface area contributed by atoms with E-state index in [2.05, 4.69) is 20.1 Å². The third kappa shape index (κ3) is 6.33. The highest BCUT2D eigenvalue weighted by Crippen LogP contribution is 2.29. The molecular formula is C15H16F9N7. The van der Waals surface area contributed by atoms with E-state index in [0.29, 0.717) is 10.7 Å². The number of nitrogens with one attached hydrogen (secondary N) is 2. The van der Waals surface area contributed by atoms with Crippen LogP contribution in [0, 0.1) is 0 Å². The van der Waals surface area contributed by atoms with E-state index in [4.69, 9.17) is 0 Å². The van der Waals surface area contributed by atoms with Gasteiger partial charge in [0.05, 0.1) is 0 Å². The maximum Gasteiger partial charge on any atom is 0.435 e. The number of alkyl halides is 9. The minimum atomic E-state index is -4.84. The molecule has 0 aliphatic heterocycles. The fourth-order valence-electron chi connectivity index (χ4n) is 2.33. The molecule has 2 rings (SSSR count). The molecule has 0 aliphatic rings. The second-order valence-corrected chi connectivity index (χ2v) is 6.22. The predicted octanol–water partition coefficient (Wildman–Crippen LogP) is 4.58. The summed E-state index contributed by atoms with van der Waals surface area (Å²) in [7, 11) is 0. The van der Waals surface area contributed by atoms with Crippen molar-refractivity contribution in [1.29, 1.82) is 0 Å². The molecule has 2 aromatic rings. The van der Waals surface area contributed by atoms with Crippen LogP contribution >= 0.6 is 0 Å². The lowest BCUT2D eigenvalue weighted by atomic mass is 10.2. The van der Waals surface area contributed by atoms with Crippen LogP contribution in [-0.2, 0) is 6.18 Å². The first-order chi connectivity index (χ1) is 14.1. The third-order valence-electron chi connectivity index (χ3n) is 3.92. The van der Waals surface area contributed by atoms with Crippen LogP contribution in [0.5, 0.6) is 0 Å². The SMILES string of the molecule is CC[C@H](Nc1nc(N[C@@H](CC)C(F)(F)F)nc(-n2ccc(C(F)(F)F)n2)n1)C(F)(F)F. The topological polar surface area (TPSA) is 80.5 Å². The molecule has 174 valence electrons. The van der Waals surface area contributed by atoms with Crippen molar-refractivity contribution in [2.24, 2.45) is 0 Å². The maximum atomic E-state index is 13.0. The molecule has 2 aromatic heterocycles. The van der Waals surface area contributed by atoms with Crippen molar-refractivity contribution in [3.8, 4) is 5.95 Å². The average Bonchev–Trinajstić information content (AvgIpc) is 3.12. The maximum absolute atomic E-state index is 13.0. The summed E-state index contributed by atoms with van der Waals surface area (Å²) in [6.07, 6.45) is -14.5. The molecule has 0 bridgehead atoms. The number of halogens is 9. The van der Waals surface area contributed by atoms with Gasteiger partial charge in [-0.1, -0.05) is 13.8 Å². The summed E-state index contributed by atoms with van der Waals surface area (Å²) in [6.45, 7) is 2.37. The molecule has 0 spiro atoms. The zero-order valence-corrected chi connectivity index (χ0v) is 15.9. The summed E-state index contributed by atoms with van der Waals surface area (Å²) in [5, 5.41) is 7.00. The Kier molecular flexibility index (Phi) is 6.90. The van der Waals surface area contributed by atoms with E-state index in [1.54, 1.807) is 0 Å². The Morgan fingerprint density at radius 1 is 0.806 bits per heavy atom. The first-order valence-corrected chi connectivity index (χ1v) is 8.71. The molecule has 31 heavy (non-hydrogen) atoms. The summed E-state index contributed by atoms with van der Waals surface area (Å²) < 4.78 is 117. The van der Waals surface area contributed by atoms with E-state index >= 15 is 0 Å². The van der Waals surface area contributed by atoms with Crippen LogP contribution < -0.4 is 10.6 Å². The zero-order valence-electron chi connectivity index (χ0n) is 15.9. The van der Waals surface area contributed by atoms with Gasteiger partial charge < -0.3 is 10.6 Å². The van der Waals surface area contributed by atoms with Crippen LogP contribution in [0.1, 0.15) is 32.4 Å². The number of hydrogen-bond acceptors (Lipinski definition) is 6. The van der Waals surface area contributed by atoms with Crippen molar-refractivity contribution in [3.63, 3.8) is 0 Å². The summed E-state index contributed by atoms with van der Waals surface area (Å²) in [6, 6.07) is -3.79. The Bertz CT molecular complexity index is 831. The molecule has 0 aliphatic carbocycles. The van der Waals surface area contributed by atoms with E-state index in [0.717, 1.165) is 6.20 Å². The molecule has 0 aromatic carbocycles. The smallest absolute Gasteiger partial charge is 0.342 e. The summed E-state index contributed by atoms with van der Waals surface area (Å²) in [4.78, 5) is 10.7. The standard InChI is InChI=1S/C15H16F9N7/c1-3-7(13(16,17)18)25-10-27-11(26-8(4-2)14(19,20)21)29-12(28-10)31-6-5-9(30-31)15(22,23)24/h5-8H,3-4H2,1-2H3,(H2,25,26,27,28,29)/t7-,8-/m0/s1. The molecule has 2 atom stereocenters. The average molecular weight is 465 g/mol. The monoisotopic (exact) mass is 465 g/mol. The molecule has 0 radical (unpaired) electrons. The lowest BCUT2D eigenvalue weighted by Gasteiger charge is -2.22. The fourth-order valence-corrected chi connectivity index (χ4v) is 2.33. The lowest BCUT2D eigenvalue weighted by molar-refractivity contribution is -0.143. The van der Waals surface area contributed by atoms with Crippen LogP contribution in [-0.4, -0.2) is 49.2 Å². The van der Waals surface area contributed by atoms with Gasteiger partial charge >= 0.3 is 18.5 Å². The number of anilines is 2. The molecule has 2 heterocycles. The van der Waals surface area contributed by atoms with Gasteiger partial charge in [0, 0.05) is 6.20 Å². The Morgan fingerprint density at radius 3 is 1.58 bits per heavy atom. The van der Waals surface area contributed by atoms with Crippen LogP contribution in [0.15, 0.2) is 12.3 Å². The molecule has 0 fully saturated rings. The summed E-state index contributed by atoms with van der Waals surface area (Å²) in [5.74, 6) is -2.31. The second-order valence-electron chi connectivity index (χ2n) is 6.22. The van der Waals surface area contributed by atoms with Crippen LogP contribution in [0.3, 0.4) is 0 Å². The molecule has 2 N–H and O–H groups in total. The van der Waals surface area contributed by atoms with Crippen molar-refractivity contribution in [2.45, 2.75) is 57.3 Å². The van der Waals surface area contributed by atoms with Gasteiger partial charge in [0.1, 0.15) is 12.1 Å². The summed E-state index contributed by atoms with van der Waals surface area (Å²) >= 11 is 0. The highest BCUT2D eigenvalue weighted by molar-refractivity contribution is 5.39. The van der Waals surface area contributed by atoms with E-state index in [1.807, 2.05) is 10.6 Å². The largest absolute Gasteiger partial charge is 0.435 e. The quantitative estimate of drug-likeness (QED) is 0.583. The Hall–Kier alpha value is -2.81. The first-order valence-electron chi connectivity index (χ1n) is 8.71. The van der Waals surface area contributed by atoms with Gasteiger partial charge in [0.25, 0.3) is 5.95 Å². The number of rotatable bonds is 7. The van der Waals surface area contributed by atoms with Gasteiger partial charge in [-0.25, -0.2) is 4.68 Å². The minimum Gasteiger partial charge on any atom is -0.342 e. The van der Waals surface area contributed by atoms with Crippen molar-refractivity contribution in [3.05, 3.63) is 18.0 Å². The molecule has 0 unspecified atom stereocenters. The van der Waals surface area contributed by atoms with Crippen molar-refractivity contribution in [2.75, 3.05) is 10.6 Å². The zero-order chi connectivity index (χ0) is 23.6. The molecular weight excluding hydrogens is 449 g/mol. The molecule has 16 heteroatoms. The lowest BCUT2D eigenvalue weighted by Crippen LogP contribution is -2.37. The summed E-state index contributed by atoms with van der Waals surface area (Å²) in [5.41, 5.74) is -1.36. The molecule has 7 nitrogen and oxygen atoms in total. The highest BCUT2D eigenvalue weighted by Gasteiger charge is 2.40. The third-order valence-corrected chi connectivity index (χ3v) is 3.92. The number of aromatic nitrogens is 5. The van der Waals surface area contributed by atoms with E-state index in [9.17, 15) is 39.5 Å². The highest BCUT2D eigenvalue weighted by atomic mass is 19.4.